The summed E-state index contributed by atoms with van der Waals surface area (Å²) in [7, 11) is 0. The van der Waals surface area contributed by atoms with Crippen molar-refractivity contribution in [3.8, 4) is 0 Å². The molecule has 2 aliphatic heterocycles. The van der Waals surface area contributed by atoms with E-state index in [0.717, 1.165) is 56.3 Å². The zero-order valence-corrected chi connectivity index (χ0v) is 18.1. The number of anilines is 1. The number of hydrogen-bond donors (Lipinski definition) is 2. The van der Waals surface area contributed by atoms with Crippen molar-refractivity contribution in [2.24, 2.45) is 5.92 Å². The molecule has 5 heteroatoms. The molecule has 0 spiro atoms. The fourth-order valence-corrected chi connectivity index (χ4v) is 5.28. The normalized spacial score (nSPS) is 24.4. The maximum Gasteiger partial charge on any atom is 0.133 e. The average molecular weight is 407 g/mol. The second-order valence-electron chi connectivity index (χ2n) is 9.36. The molecule has 2 saturated heterocycles. The molecule has 0 saturated carbocycles. The van der Waals surface area contributed by atoms with Gasteiger partial charge in [0.2, 0.25) is 0 Å². The van der Waals surface area contributed by atoms with Crippen LogP contribution in [0.3, 0.4) is 0 Å². The summed E-state index contributed by atoms with van der Waals surface area (Å²) in [4.78, 5) is 10.1. The van der Waals surface area contributed by atoms with Gasteiger partial charge >= 0.3 is 0 Å². The summed E-state index contributed by atoms with van der Waals surface area (Å²) in [5.41, 5.74) is 3.58. The lowest BCUT2D eigenvalue weighted by Gasteiger charge is -2.32. The van der Waals surface area contributed by atoms with Gasteiger partial charge in [-0.1, -0.05) is 24.3 Å². The molecule has 160 valence electrons. The van der Waals surface area contributed by atoms with Gasteiger partial charge in [-0.05, 0) is 69.3 Å². The standard InChI is InChI=1S/C25H34N4O/c1-18-3-5-20-15-21(16-26-9-2-10-29-17-19-4-6-22(29)14-19)25(27-24(20)13-18)28-11-7-23(30)8-12-28/h3-6,13,15,19,22-23,26,30H,2,7-12,14,16-17H2,1H3. The molecule has 1 aliphatic carbocycles. The van der Waals surface area contributed by atoms with Crippen LogP contribution in [0.2, 0.25) is 0 Å². The Balaban J connectivity index is 1.24. The number of likely N-dealkylation sites (tertiary alicyclic amines) is 1. The zero-order chi connectivity index (χ0) is 20.5. The van der Waals surface area contributed by atoms with Crippen molar-refractivity contribution in [3.05, 3.63) is 47.5 Å². The number of nitrogens with one attached hydrogen (secondary N) is 1. The van der Waals surface area contributed by atoms with Crippen LogP contribution in [-0.2, 0) is 6.54 Å². The van der Waals surface area contributed by atoms with Gasteiger partial charge in [-0.15, -0.1) is 0 Å². The topological polar surface area (TPSA) is 51.6 Å². The van der Waals surface area contributed by atoms with Crippen LogP contribution in [0.15, 0.2) is 36.4 Å². The van der Waals surface area contributed by atoms with Gasteiger partial charge in [-0.25, -0.2) is 4.98 Å². The smallest absolute Gasteiger partial charge is 0.133 e. The maximum absolute atomic E-state index is 9.91. The van der Waals surface area contributed by atoms with Gasteiger partial charge in [0, 0.05) is 43.2 Å². The van der Waals surface area contributed by atoms with E-state index in [2.05, 4.69) is 58.5 Å². The molecule has 3 heterocycles. The lowest BCUT2D eigenvalue weighted by molar-refractivity contribution is 0.145. The number of benzene rings is 1. The Morgan fingerprint density at radius 1 is 1.17 bits per heavy atom. The minimum absolute atomic E-state index is 0.166. The first-order valence-corrected chi connectivity index (χ1v) is 11.6. The first kappa shape index (κ1) is 20.0. The number of aryl methyl sites for hydroxylation is 1. The molecule has 2 fully saturated rings. The Bertz CT molecular complexity index is 919. The summed E-state index contributed by atoms with van der Waals surface area (Å²) in [5.74, 6) is 1.90. The summed E-state index contributed by atoms with van der Waals surface area (Å²) >= 11 is 0. The van der Waals surface area contributed by atoms with Crippen LogP contribution in [0.25, 0.3) is 10.9 Å². The number of fused-ring (bicyclic) bond motifs is 3. The van der Waals surface area contributed by atoms with Crippen molar-refractivity contribution in [2.75, 3.05) is 37.6 Å². The Kier molecular flexibility index (Phi) is 5.77. The molecule has 30 heavy (non-hydrogen) atoms. The average Bonchev–Trinajstić information content (AvgIpc) is 3.37. The zero-order valence-electron chi connectivity index (χ0n) is 18.1. The van der Waals surface area contributed by atoms with Crippen LogP contribution in [0.1, 0.15) is 36.8 Å². The summed E-state index contributed by atoms with van der Waals surface area (Å²) in [6, 6.07) is 9.52. The third-order valence-electron chi connectivity index (χ3n) is 7.00. The molecule has 2 bridgehead atoms. The molecule has 5 nitrogen and oxygen atoms in total. The number of aliphatic hydroxyl groups excluding tert-OH is 1. The minimum Gasteiger partial charge on any atom is -0.393 e. The largest absolute Gasteiger partial charge is 0.393 e. The molecule has 5 rings (SSSR count). The number of aromatic nitrogens is 1. The van der Waals surface area contributed by atoms with Crippen LogP contribution in [-0.4, -0.2) is 59.9 Å². The van der Waals surface area contributed by atoms with Crippen molar-refractivity contribution in [1.82, 2.24) is 15.2 Å². The predicted octanol–water partition coefficient (Wildman–Crippen LogP) is 3.24. The number of aliphatic hydroxyl groups is 1. The predicted molar refractivity (Wildman–Crippen MR) is 123 cm³/mol. The van der Waals surface area contributed by atoms with Gasteiger partial charge in [0.1, 0.15) is 5.82 Å². The van der Waals surface area contributed by atoms with E-state index in [1.165, 1.54) is 42.4 Å². The molecule has 2 aromatic rings. The van der Waals surface area contributed by atoms with Crippen molar-refractivity contribution < 1.29 is 5.11 Å². The molecule has 0 radical (unpaired) electrons. The molecule has 2 N–H and O–H groups in total. The summed E-state index contributed by atoms with van der Waals surface area (Å²) < 4.78 is 0. The van der Waals surface area contributed by atoms with Gasteiger partial charge < -0.3 is 15.3 Å². The van der Waals surface area contributed by atoms with Gasteiger partial charge in [0.05, 0.1) is 11.6 Å². The van der Waals surface area contributed by atoms with Gasteiger partial charge in [-0.3, -0.25) is 4.90 Å². The highest BCUT2D eigenvalue weighted by Gasteiger charge is 2.32. The van der Waals surface area contributed by atoms with Crippen molar-refractivity contribution >= 4 is 16.7 Å². The van der Waals surface area contributed by atoms with E-state index in [9.17, 15) is 5.11 Å². The third kappa shape index (κ3) is 4.25. The highest BCUT2D eigenvalue weighted by molar-refractivity contribution is 5.82. The molecule has 0 amide bonds. The number of hydrogen-bond acceptors (Lipinski definition) is 5. The Morgan fingerprint density at radius 3 is 2.80 bits per heavy atom. The number of rotatable bonds is 7. The van der Waals surface area contributed by atoms with E-state index in [4.69, 9.17) is 4.98 Å². The molecule has 3 aliphatic rings. The van der Waals surface area contributed by atoms with E-state index in [1.807, 2.05) is 0 Å². The highest BCUT2D eigenvalue weighted by atomic mass is 16.3. The SMILES string of the molecule is Cc1ccc2cc(CNCCCN3CC4C=CC3C4)c(N3CCC(O)CC3)nc2c1. The van der Waals surface area contributed by atoms with E-state index in [1.54, 1.807) is 0 Å². The first-order valence-electron chi connectivity index (χ1n) is 11.6. The Morgan fingerprint density at radius 2 is 2.03 bits per heavy atom. The quantitative estimate of drug-likeness (QED) is 0.546. The molecule has 1 aromatic heterocycles. The fraction of sp³-hybridized carbons (Fsp3) is 0.560. The van der Waals surface area contributed by atoms with Gasteiger partial charge in [0.25, 0.3) is 0 Å². The summed E-state index contributed by atoms with van der Waals surface area (Å²) in [5, 5.41) is 14.8. The first-order chi connectivity index (χ1) is 14.7. The highest BCUT2D eigenvalue weighted by Crippen LogP contribution is 2.31. The molecular formula is C25H34N4O. The monoisotopic (exact) mass is 406 g/mol. The second-order valence-corrected chi connectivity index (χ2v) is 9.36. The Hall–Kier alpha value is -1.95. The van der Waals surface area contributed by atoms with Crippen LogP contribution < -0.4 is 10.2 Å². The van der Waals surface area contributed by atoms with Crippen LogP contribution in [0, 0.1) is 12.8 Å². The van der Waals surface area contributed by atoms with Crippen molar-refractivity contribution in [1.29, 1.82) is 0 Å². The molecule has 2 atom stereocenters. The molecule has 2 unspecified atom stereocenters. The van der Waals surface area contributed by atoms with E-state index in [-0.39, 0.29) is 6.10 Å². The minimum atomic E-state index is -0.166. The number of nitrogens with zero attached hydrogens (tertiary/aromatic N) is 3. The maximum atomic E-state index is 9.91. The van der Waals surface area contributed by atoms with Crippen LogP contribution in [0.4, 0.5) is 5.82 Å². The van der Waals surface area contributed by atoms with E-state index >= 15 is 0 Å². The molecular weight excluding hydrogens is 372 g/mol. The van der Waals surface area contributed by atoms with Crippen LogP contribution >= 0.6 is 0 Å². The summed E-state index contributed by atoms with van der Waals surface area (Å²) in [6.45, 7) is 8.19. The van der Waals surface area contributed by atoms with E-state index < -0.39 is 0 Å². The lowest BCUT2D eigenvalue weighted by Crippen LogP contribution is -2.37. The lowest BCUT2D eigenvalue weighted by atomic mass is 10.1. The summed E-state index contributed by atoms with van der Waals surface area (Å²) in [6.07, 6.45) is 8.80. The fourth-order valence-electron chi connectivity index (χ4n) is 5.28. The van der Waals surface area contributed by atoms with Gasteiger partial charge in [0.15, 0.2) is 0 Å². The van der Waals surface area contributed by atoms with Crippen molar-refractivity contribution in [2.45, 2.75) is 51.3 Å². The van der Waals surface area contributed by atoms with Gasteiger partial charge in [-0.2, -0.15) is 0 Å². The Labute approximate surface area is 179 Å². The molecule has 1 aromatic carbocycles. The third-order valence-corrected chi connectivity index (χ3v) is 7.00. The van der Waals surface area contributed by atoms with Crippen LogP contribution in [0.5, 0.6) is 0 Å². The van der Waals surface area contributed by atoms with E-state index in [0.29, 0.717) is 6.04 Å². The number of piperidine rings is 1. The second kappa shape index (κ2) is 8.66. The van der Waals surface area contributed by atoms with Crippen molar-refractivity contribution in [3.63, 3.8) is 0 Å². The number of pyridine rings is 1.